The van der Waals surface area contributed by atoms with Crippen LogP contribution < -0.4 is 5.73 Å². The van der Waals surface area contributed by atoms with E-state index in [0.717, 1.165) is 22.2 Å². The first-order chi connectivity index (χ1) is 7.83. The number of hydrogen-bond donors (Lipinski definition) is 1. The van der Waals surface area contributed by atoms with Crippen molar-refractivity contribution in [2.24, 2.45) is 0 Å². The molecule has 0 saturated heterocycles. The molecule has 0 radical (unpaired) electrons. The fraction of sp³-hybridized carbons (Fsp3) is 0.214. The van der Waals surface area contributed by atoms with Gasteiger partial charge in [0.25, 0.3) is 0 Å². The average Bonchev–Trinajstić information content (AvgIpc) is 2.35. The summed E-state index contributed by atoms with van der Waals surface area (Å²) >= 11 is 0. The highest BCUT2D eigenvalue weighted by molar-refractivity contribution is 5.92. The molecule has 2 N–H and O–H groups in total. The van der Waals surface area contributed by atoms with Gasteiger partial charge in [0, 0.05) is 22.8 Å². The van der Waals surface area contributed by atoms with Gasteiger partial charge in [-0.15, -0.1) is 0 Å². The minimum Gasteiger partial charge on any atom is -0.398 e. The minimum atomic E-state index is 0.795. The molecule has 0 atom stereocenters. The molecule has 1 heterocycles. The lowest BCUT2D eigenvalue weighted by Crippen LogP contribution is -1.91. The molecule has 0 amide bonds. The van der Waals surface area contributed by atoms with Crippen molar-refractivity contribution in [1.29, 1.82) is 0 Å². The fourth-order valence-corrected chi connectivity index (χ4v) is 1.54. The number of rotatable bonds is 1. The van der Waals surface area contributed by atoms with Crippen molar-refractivity contribution in [3.63, 3.8) is 0 Å². The number of allylic oxidation sites excluding steroid dienone is 1. The molecule has 0 unspecified atom stereocenters. The highest BCUT2D eigenvalue weighted by atomic mass is 14.7. The molecular weight excluding hydrogens is 196 g/mol. The molecule has 2 nitrogen and oxygen atoms in total. The molecule has 0 aliphatic carbocycles. The number of benzene rings is 1. The summed E-state index contributed by atoms with van der Waals surface area (Å²) in [4.78, 5) is 4.28. The molecule has 0 spiro atoms. The lowest BCUT2D eigenvalue weighted by Gasteiger charge is -2.04. The van der Waals surface area contributed by atoms with Crippen molar-refractivity contribution >= 4 is 22.7 Å². The number of nitrogens with two attached hydrogens (primary N) is 1. The first-order valence-corrected chi connectivity index (χ1v) is 5.59. The SMILES string of the molecule is C/C=C\c1c(N)ccc2ncccc12.CC. The summed E-state index contributed by atoms with van der Waals surface area (Å²) in [6, 6.07) is 7.80. The molecular formula is C14H18N2. The van der Waals surface area contributed by atoms with Gasteiger partial charge >= 0.3 is 0 Å². The number of pyridine rings is 1. The van der Waals surface area contributed by atoms with Crippen LogP contribution in [0.25, 0.3) is 17.0 Å². The quantitative estimate of drug-likeness (QED) is 0.732. The summed E-state index contributed by atoms with van der Waals surface area (Å²) in [5.74, 6) is 0. The Morgan fingerprint density at radius 3 is 2.62 bits per heavy atom. The summed E-state index contributed by atoms with van der Waals surface area (Å²) < 4.78 is 0. The molecule has 2 heteroatoms. The Hall–Kier alpha value is -1.83. The van der Waals surface area contributed by atoms with Crippen LogP contribution >= 0.6 is 0 Å². The van der Waals surface area contributed by atoms with Crippen LogP contribution in [0.3, 0.4) is 0 Å². The van der Waals surface area contributed by atoms with Crippen LogP contribution in [0.1, 0.15) is 26.3 Å². The summed E-state index contributed by atoms with van der Waals surface area (Å²) in [5.41, 5.74) is 8.72. The average molecular weight is 214 g/mol. The second kappa shape index (κ2) is 5.91. The maximum atomic E-state index is 5.89. The Balaban J connectivity index is 0.000000606. The van der Waals surface area contributed by atoms with Gasteiger partial charge in [0.1, 0.15) is 0 Å². The molecule has 2 rings (SSSR count). The molecule has 84 valence electrons. The molecule has 16 heavy (non-hydrogen) atoms. The van der Waals surface area contributed by atoms with E-state index in [1.165, 1.54) is 0 Å². The van der Waals surface area contributed by atoms with Crippen LogP contribution in [0.4, 0.5) is 5.69 Å². The maximum absolute atomic E-state index is 5.89. The monoisotopic (exact) mass is 214 g/mol. The van der Waals surface area contributed by atoms with Crippen LogP contribution in [0, 0.1) is 0 Å². The Kier molecular flexibility index (Phi) is 4.52. The zero-order valence-electron chi connectivity index (χ0n) is 10.1. The highest BCUT2D eigenvalue weighted by Gasteiger charge is 2.01. The Morgan fingerprint density at radius 2 is 1.94 bits per heavy atom. The Morgan fingerprint density at radius 1 is 1.19 bits per heavy atom. The van der Waals surface area contributed by atoms with Crippen LogP contribution in [0.5, 0.6) is 0 Å². The second-order valence-electron chi connectivity index (χ2n) is 3.14. The van der Waals surface area contributed by atoms with Gasteiger partial charge in [0.15, 0.2) is 0 Å². The zero-order chi connectivity index (χ0) is 12.0. The molecule has 1 aromatic carbocycles. The van der Waals surface area contributed by atoms with E-state index in [-0.39, 0.29) is 0 Å². The van der Waals surface area contributed by atoms with Crippen molar-refractivity contribution in [2.45, 2.75) is 20.8 Å². The summed E-state index contributed by atoms with van der Waals surface area (Å²) in [6.07, 6.45) is 5.79. The number of nitrogens with zero attached hydrogens (tertiary/aromatic N) is 1. The standard InChI is InChI=1S/C12H12N2.C2H6/c1-2-4-9-10-5-3-8-14-12(10)7-6-11(9)13;1-2/h2-8H,13H2,1H3;1-2H3/b4-2-;. The number of nitrogen functional groups attached to an aromatic ring is 1. The third-order valence-corrected chi connectivity index (χ3v) is 2.19. The van der Waals surface area contributed by atoms with E-state index in [4.69, 9.17) is 5.73 Å². The van der Waals surface area contributed by atoms with Crippen LogP contribution in [0.15, 0.2) is 36.5 Å². The van der Waals surface area contributed by atoms with Gasteiger partial charge in [0.05, 0.1) is 5.52 Å². The van der Waals surface area contributed by atoms with Gasteiger partial charge in [-0.3, -0.25) is 4.98 Å². The highest BCUT2D eigenvalue weighted by Crippen LogP contribution is 2.23. The molecule has 0 fully saturated rings. The number of hydrogen-bond acceptors (Lipinski definition) is 2. The third-order valence-electron chi connectivity index (χ3n) is 2.19. The molecule has 0 aliphatic rings. The van der Waals surface area contributed by atoms with E-state index in [0.29, 0.717) is 0 Å². The van der Waals surface area contributed by atoms with E-state index in [1.807, 2.05) is 57.2 Å². The molecule has 0 saturated carbocycles. The van der Waals surface area contributed by atoms with Crippen molar-refractivity contribution in [3.05, 3.63) is 42.1 Å². The third kappa shape index (κ3) is 2.40. The predicted octanol–water partition coefficient (Wildman–Crippen LogP) is 3.88. The van der Waals surface area contributed by atoms with Gasteiger partial charge in [-0.2, -0.15) is 0 Å². The van der Waals surface area contributed by atoms with Crippen molar-refractivity contribution < 1.29 is 0 Å². The van der Waals surface area contributed by atoms with Gasteiger partial charge < -0.3 is 5.73 Å². The van der Waals surface area contributed by atoms with Gasteiger partial charge in [-0.25, -0.2) is 0 Å². The predicted molar refractivity (Wildman–Crippen MR) is 72.2 cm³/mol. The van der Waals surface area contributed by atoms with E-state index >= 15 is 0 Å². The zero-order valence-corrected chi connectivity index (χ0v) is 10.1. The molecule has 0 aliphatic heterocycles. The van der Waals surface area contributed by atoms with Crippen molar-refractivity contribution in [3.8, 4) is 0 Å². The molecule has 0 bridgehead atoms. The van der Waals surface area contributed by atoms with E-state index in [1.54, 1.807) is 6.20 Å². The topological polar surface area (TPSA) is 38.9 Å². The van der Waals surface area contributed by atoms with Crippen molar-refractivity contribution in [1.82, 2.24) is 4.98 Å². The normalized spacial score (nSPS) is 10.2. The Labute approximate surface area is 96.8 Å². The lowest BCUT2D eigenvalue weighted by atomic mass is 10.1. The van der Waals surface area contributed by atoms with Crippen LogP contribution in [-0.4, -0.2) is 4.98 Å². The maximum Gasteiger partial charge on any atom is 0.0709 e. The van der Waals surface area contributed by atoms with Crippen LogP contribution in [0.2, 0.25) is 0 Å². The number of anilines is 1. The van der Waals surface area contributed by atoms with E-state index < -0.39 is 0 Å². The van der Waals surface area contributed by atoms with Crippen molar-refractivity contribution in [2.75, 3.05) is 5.73 Å². The molecule has 1 aromatic heterocycles. The first kappa shape index (κ1) is 12.2. The van der Waals surface area contributed by atoms with Gasteiger partial charge in [-0.05, 0) is 25.1 Å². The summed E-state index contributed by atoms with van der Waals surface area (Å²) in [6.45, 7) is 5.98. The summed E-state index contributed by atoms with van der Waals surface area (Å²) in [7, 11) is 0. The lowest BCUT2D eigenvalue weighted by molar-refractivity contribution is 1.41. The van der Waals surface area contributed by atoms with E-state index in [2.05, 4.69) is 4.98 Å². The Bertz CT molecular complexity index is 487. The smallest absolute Gasteiger partial charge is 0.0709 e. The van der Waals surface area contributed by atoms with Crippen LogP contribution in [-0.2, 0) is 0 Å². The number of aromatic nitrogens is 1. The minimum absolute atomic E-state index is 0.795. The fourth-order valence-electron chi connectivity index (χ4n) is 1.54. The van der Waals surface area contributed by atoms with Gasteiger partial charge in [0.2, 0.25) is 0 Å². The second-order valence-corrected chi connectivity index (χ2v) is 3.14. The largest absolute Gasteiger partial charge is 0.398 e. The van der Waals surface area contributed by atoms with E-state index in [9.17, 15) is 0 Å². The summed E-state index contributed by atoms with van der Waals surface area (Å²) in [5, 5.41) is 1.10. The molecule has 2 aromatic rings. The first-order valence-electron chi connectivity index (χ1n) is 5.59. The number of fused-ring (bicyclic) bond motifs is 1. The van der Waals surface area contributed by atoms with Gasteiger partial charge in [-0.1, -0.05) is 32.1 Å².